The van der Waals surface area contributed by atoms with E-state index in [-0.39, 0.29) is 30.7 Å². The summed E-state index contributed by atoms with van der Waals surface area (Å²) in [6, 6.07) is 4.92. The van der Waals surface area contributed by atoms with Crippen LogP contribution < -0.4 is 11.1 Å². The van der Waals surface area contributed by atoms with Gasteiger partial charge in [0.15, 0.2) is 0 Å². The van der Waals surface area contributed by atoms with Gasteiger partial charge >= 0.3 is 0 Å². The van der Waals surface area contributed by atoms with Crippen LogP contribution in [0.25, 0.3) is 0 Å². The van der Waals surface area contributed by atoms with Gasteiger partial charge in [-0.25, -0.2) is 0 Å². The van der Waals surface area contributed by atoms with Gasteiger partial charge in [-0.15, -0.1) is 24.8 Å². The molecule has 0 spiro atoms. The van der Waals surface area contributed by atoms with Gasteiger partial charge in [-0.1, -0.05) is 25.4 Å². The molecule has 0 radical (unpaired) electrons. The Labute approximate surface area is 144 Å². The fraction of sp³-hybridized carbons (Fsp3) is 0.500. The van der Waals surface area contributed by atoms with E-state index in [1.165, 1.54) is 0 Å². The highest BCUT2D eigenvalue weighted by molar-refractivity contribution is 6.34. The highest BCUT2D eigenvalue weighted by Gasteiger charge is 2.10. The van der Waals surface area contributed by atoms with Crippen molar-refractivity contribution in [2.75, 3.05) is 31.9 Å². The fourth-order valence-corrected chi connectivity index (χ4v) is 2.16. The molecule has 0 fully saturated rings. The summed E-state index contributed by atoms with van der Waals surface area (Å²) < 4.78 is 0. The van der Waals surface area contributed by atoms with E-state index < -0.39 is 0 Å². The molecule has 1 amide bonds. The number of hydrogen-bond acceptors (Lipinski definition) is 3. The SMILES string of the molecule is CCCN(CC)CCNC(=O)c1ccc(N)cc1Cl.Cl.Cl. The topological polar surface area (TPSA) is 58.4 Å². The summed E-state index contributed by atoms with van der Waals surface area (Å²) in [7, 11) is 0. The molecule has 4 nitrogen and oxygen atoms in total. The van der Waals surface area contributed by atoms with Gasteiger partial charge < -0.3 is 16.0 Å². The molecule has 0 aliphatic rings. The maximum absolute atomic E-state index is 11.9. The third-order valence-corrected chi connectivity index (χ3v) is 3.25. The van der Waals surface area contributed by atoms with Crippen LogP contribution in [0, 0.1) is 0 Å². The van der Waals surface area contributed by atoms with Crippen molar-refractivity contribution in [2.45, 2.75) is 20.3 Å². The van der Waals surface area contributed by atoms with Gasteiger partial charge in [-0.3, -0.25) is 4.79 Å². The second kappa shape index (κ2) is 11.9. The minimum Gasteiger partial charge on any atom is -0.399 e. The highest BCUT2D eigenvalue weighted by atomic mass is 35.5. The molecule has 0 aromatic heterocycles. The van der Waals surface area contributed by atoms with E-state index in [2.05, 4.69) is 24.1 Å². The van der Waals surface area contributed by atoms with Crippen molar-refractivity contribution in [3.63, 3.8) is 0 Å². The van der Waals surface area contributed by atoms with Gasteiger partial charge in [-0.2, -0.15) is 0 Å². The number of carbonyl (C=O) groups excluding carboxylic acids is 1. The van der Waals surface area contributed by atoms with Crippen LogP contribution in [0.5, 0.6) is 0 Å². The number of likely N-dealkylation sites (N-methyl/N-ethyl adjacent to an activating group) is 1. The first-order valence-corrected chi connectivity index (χ1v) is 7.01. The van der Waals surface area contributed by atoms with Crippen LogP contribution in [0.2, 0.25) is 5.02 Å². The number of anilines is 1. The molecule has 0 heterocycles. The lowest BCUT2D eigenvalue weighted by molar-refractivity contribution is 0.0949. The van der Waals surface area contributed by atoms with Crippen molar-refractivity contribution in [3.8, 4) is 0 Å². The number of hydrogen-bond donors (Lipinski definition) is 2. The Morgan fingerprint density at radius 1 is 1.29 bits per heavy atom. The minimum atomic E-state index is -0.155. The van der Waals surface area contributed by atoms with E-state index in [1.54, 1.807) is 18.2 Å². The monoisotopic (exact) mass is 355 g/mol. The zero-order valence-electron chi connectivity index (χ0n) is 12.4. The van der Waals surface area contributed by atoms with Crippen LogP contribution in [0.4, 0.5) is 5.69 Å². The summed E-state index contributed by atoms with van der Waals surface area (Å²) in [6.45, 7) is 7.78. The average molecular weight is 357 g/mol. The first kappa shape index (κ1) is 22.6. The Morgan fingerprint density at radius 3 is 2.48 bits per heavy atom. The molecule has 0 saturated heterocycles. The van der Waals surface area contributed by atoms with Crippen LogP contribution in [0.3, 0.4) is 0 Å². The van der Waals surface area contributed by atoms with Crippen molar-refractivity contribution in [1.29, 1.82) is 0 Å². The number of nitrogens with two attached hydrogens (primary N) is 1. The van der Waals surface area contributed by atoms with E-state index in [4.69, 9.17) is 17.3 Å². The van der Waals surface area contributed by atoms with Crippen LogP contribution in [0.15, 0.2) is 18.2 Å². The lowest BCUT2D eigenvalue weighted by atomic mass is 10.2. The Bertz CT molecular complexity index is 430. The molecule has 0 atom stereocenters. The molecule has 0 bridgehead atoms. The lowest BCUT2D eigenvalue weighted by Crippen LogP contribution is -2.35. The smallest absolute Gasteiger partial charge is 0.252 e. The van der Waals surface area contributed by atoms with Gasteiger partial charge in [0.05, 0.1) is 10.6 Å². The summed E-state index contributed by atoms with van der Waals surface area (Å²) >= 11 is 5.99. The van der Waals surface area contributed by atoms with Gasteiger partial charge in [-0.05, 0) is 37.7 Å². The predicted octanol–water partition coefficient (Wildman–Crippen LogP) is 3.23. The molecule has 3 N–H and O–H groups in total. The average Bonchev–Trinajstić information content (AvgIpc) is 2.37. The van der Waals surface area contributed by atoms with Crippen LogP contribution in [-0.2, 0) is 0 Å². The molecule has 122 valence electrons. The summed E-state index contributed by atoms with van der Waals surface area (Å²) in [5.41, 5.74) is 6.62. The number of amides is 1. The van der Waals surface area contributed by atoms with E-state index in [0.717, 1.165) is 26.1 Å². The number of halogens is 3. The molecule has 1 rings (SSSR count). The number of nitrogen functional groups attached to an aromatic ring is 1. The zero-order valence-corrected chi connectivity index (χ0v) is 14.8. The van der Waals surface area contributed by atoms with Gasteiger partial charge in [0.1, 0.15) is 0 Å². The number of rotatable bonds is 7. The first-order valence-electron chi connectivity index (χ1n) is 6.64. The Hall–Kier alpha value is -0.680. The molecule has 21 heavy (non-hydrogen) atoms. The van der Waals surface area contributed by atoms with E-state index in [1.807, 2.05) is 0 Å². The Kier molecular flexibility index (Phi) is 12.8. The van der Waals surface area contributed by atoms with Crippen LogP contribution in [-0.4, -0.2) is 37.0 Å². The maximum Gasteiger partial charge on any atom is 0.252 e. The van der Waals surface area contributed by atoms with Crippen LogP contribution >= 0.6 is 36.4 Å². The first-order chi connectivity index (χ1) is 9.08. The summed E-state index contributed by atoms with van der Waals surface area (Å²) in [5.74, 6) is -0.155. The molecular formula is C14H24Cl3N3O. The third kappa shape index (κ3) is 7.77. The van der Waals surface area contributed by atoms with Crippen molar-refractivity contribution in [2.24, 2.45) is 0 Å². The molecule has 1 aromatic rings. The Morgan fingerprint density at radius 2 is 1.95 bits per heavy atom. The fourth-order valence-electron chi connectivity index (χ4n) is 1.88. The molecule has 1 aromatic carbocycles. The second-order valence-corrected chi connectivity index (χ2v) is 4.84. The van der Waals surface area contributed by atoms with Gasteiger partial charge in [0, 0.05) is 18.8 Å². The van der Waals surface area contributed by atoms with Crippen molar-refractivity contribution >= 4 is 48.0 Å². The number of carbonyl (C=O) groups is 1. The summed E-state index contributed by atoms with van der Waals surface area (Å²) in [6.07, 6.45) is 1.12. The highest BCUT2D eigenvalue weighted by Crippen LogP contribution is 2.18. The van der Waals surface area contributed by atoms with Gasteiger partial charge in [0.2, 0.25) is 0 Å². The maximum atomic E-state index is 11.9. The second-order valence-electron chi connectivity index (χ2n) is 4.43. The standard InChI is InChI=1S/C14H22ClN3O.2ClH/c1-3-8-18(4-2)9-7-17-14(19)12-6-5-11(16)10-13(12)15;;/h5-6,10H,3-4,7-9,16H2,1-2H3,(H,17,19);2*1H. The minimum absolute atomic E-state index is 0. The largest absolute Gasteiger partial charge is 0.399 e. The number of benzene rings is 1. The number of nitrogens with one attached hydrogen (secondary N) is 1. The van der Waals surface area contributed by atoms with Crippen molar-refractivity contribution in [3.05, 3.63) is 28.8 Å². The molecule has 0 unspecified atom stereocenters. The van der Waals surface area contributed by atoms with Gasteiger partial charge in [0.25, 0.3) is 5.91 Å². The number of nitrogens with zero attached hydrogens (tertiary/aromatic N) is 1. The molecule has 7 heteroatoms. The molecule has 0 saturated carbocycles. The third-order valence-electron chi connectivity index (χ3n) is 2.94. The van der Waals surface area contributed by atoms with E-state index >= 15 is 0 Å². The Balaban J connectivity index is 0. The predicted molar refractivity (Wildman–Crippen MR) is 95.1 cm³/mol. The normalized spacial score (nSPS) is 9.71. The quantitative estimate of drug-likeness (QED) is 0.737. The summed E-state index contributed by atoms with van der Waals surface area (Å²) in [4.78, 5) is 14.2. The zero-order chi connectivity index (χ0) is 14.3. The van der Waals surface area contributed by atoms with Crippen LogP contribution in [0.1, 0.15) is 30.6 Å². The summed E-state index contributed by atoms with van der Waals surface area (Å²) in [5, 5.41) is 3.26. The van der Waals surface area contributed by atoms with E-state index in [0.29, 0.717) is 22.8 Å². The van der Waals surface area contributed by atoms with E-state index in [9.17, 15) is 4.79 Å². The molecule has 0 aliphatic heterocycles. The molecular weight excluding hydrogens is 333 g/mol. The van der Waals surface area contributed by atoms with Crippen molar-refractivity contribution in [1.82, 2.24) is 10.2 Å². The van der Waals surface area contributed by atoms with Crippen molar-refractivity contribution < 1.29 is 4.79 Å². The molecule has 0 aliphatic carbocycles. The lowest BCUT2D eigenvalue weighted by Gasteiger charge is -2.19.